The molecule has 0 aromatic heterocycles. The Morgan fingerprint density at radius 1 is 1.15 bits per heavy atom. The highest BCUT2D eigenvalue weighted by Gasteiger charge is 2.35. The van der Waals surface area contributed by atoms with Crippen LogP contribution in [0, 0.1) is 5.92 Å². The van der Waals surface area contributed by atoms with E-state index in [1.807, 2.05) is 13.8 Å². The van der Waals surface area contributed by atoms with Gasteiger partial charge >= 0.3 is 12.0 Å². The highest BCUT2D eigenvalue weighted by molar-refractivity contribution is 5.95. The summed E-state index contributed by atoms with van der Waals surface area (Å²) in [6, 6.07) is 6.15. The molecule has 0 spiro atoms. The van der Waals surface area contributed by atoms with E-state index in [0.717, 1.165) is 5.56 Å². The molecule has 7 heteroatoms. The van der Waals surface area contributed by atoms with E-state index in [4.69, 9.17) is 4.74 Å². The van der Waals surface area contributed by atoms with Crippen molar-refractivity contribution in [3.8, 4) is 0 Å². The van der Waals surface area contributed by atoms with Gasteiger partial charge in [-0.15, -0.1) is 0 Å². The van der Waals surface area contributed by atoms with Gasteiger partial charge in [0.25, 0.3) is 0 Å². The van der Waals surface area contributed by atoms with Crippen LogP contribution in [-0.2, 0) is 14.3 Å². The molecule has 2 N–H and O–H groups in total. The van der Waals surface area contributed by atoms with Crippen LogP contribution in [0.25, 0.3) is 0 Å². The number of hydrogen-bond donors (Lipinski definition) is 2. The maximum absolute atomic E-state index is 12.6. The molecule has 1 aliphatic heterocycles. The quantitative estimate of drug-likeness (QED) is 0.776. The van der Waals surface area contributed by atoms with E-state index in [9.17, 15) is 14.4 Å². The van der Waals surface area contributed by atoms with Gasteiger partial charge in [0.2, 0.25) is 5.91 Å². The third-order valence-electron chi connectivity index (χ3n) is 4.35. The fraction of sp³-hybridized carbons (Fsp3) is 0.450. The van der Waals surface area contributed by atoms with Gasteiger partial charge in [-0.2, -0.15) is 0 Å². The summed E-state index contributed by atoms with van der Waals surface area (Å²) in [4.78, 5) is 38.1. The first kappa shape index (κ1) is 20.5. The molecule has 1 aliphatic rings. The molecular weight excluding hydrogens is 346 g/mol. The molecule has 0 saturated carbocycles. The minimum absolute atomic E-state index is 0.0766. The number of benzene rings is 1. The summed E-state index contributed by atoms with van der Waals surface area (Å²) in [6.07, 6.45) is -0.269. The average Bonchev–Trinajstić information content (AvgIpc) is 2.59. The molecule has 0 aliphatic carbocycles. The van der Waals surface area contributed by atoms with Crippen LogP contribution in [-0.4, -0.2) is 36.0 Å². The van der Waals surface area contributed by atoms with Crippen LogP contribution < -0.4 is 10.6 Å². The monoisotopic (exact) mass is 373 g/mol. The molecule has 1 aromatic carbocycles. The number of allylic oxidation sites excluding steroid dienone is 1. The molecule has 3 amide bonds. The summed E-state index contributed by atoms with van der Waals surface area (Å²) in [5.41, 5.74) is 2.33. The number of carbonyl (C=O) groups is 3. The minimum atomic E-state index is -0.616. The van der Waals surface area contributed by atoms with E-state index in [-0.39, 0.29) is 24.0 Å². The standard InChI is InChI=1S/C20H27N3O4/c1-11(2)18(24)21-15-9-7-14(8-10-15)17-16(19(25)27-12(3)4)13(5)23(6)20(26)22-17/h7-12,17H,1-6H3,(H,21,24)(H,22,26). The first-order chi connectivity index (χ1) is 12.6. The Morgan fingerprint density at radius 2 is 1.74 bits per heavy atom. The minimum Gasteiger partial charge on any atom is -0.459 e. The predicted octanol–water partition coefficient (Wildman–Crippen LogP) is 3.20. The molecule has 0 fully saturated rings. The molecule has 27 heavy (non-hydrogen) atoms. The molecule has 1 aromatic rings. The van der Waals surface area contributed by atoms with Gasteiger partial charge in [0.05, 0.1) is 17.7 Å². The number of nitrogens with zero attached hydrogens (tertiary/aromatic N) is 1. The van der Waals surface area contributed by atoms with E-state index in [1.165, 1.54) is 4.90 Å². The highest BCUT2D eigenvalue weighted by Crippen LogP contribution is 2.31. The molecule has 7 nitrogen and oxygen atoms in total. The fourth-order valence-corrected chi connectivity index (χ4v) is 2.67. The Hall–Kier alpha value is -2.83. The van der Waals surface area contributed by atoms with Crippen LogP contribution in [0.4, 0.5) is 10.5 Å². The summed E-state index contributed by atoms with van der Waals surface area (Å²) >= 11 is 0. The van der Waals surface area contributed by atoms with Gasteiger partial charge in [0.15, 0.2) is 0 Å². The number of amides is 3. The lowest BCUT2D eigenvalue weighted by atomic mass is 9.95. The smallest absolute Gasteiger partial charge is 0.338 e. The number of rotatable bonds is 5. The summed E-state index contributed by atoms with van der Waals surface area (Å²) in [5, 5.41) is 5.65. The molecule has 0 saturated heterocycles. The van der Waals surface area contributed by atoms with Crippen molar-refractivity contribution < 1.29 is 19.1 Å². The zero-order valence-corrected chi connectivity index (χ0v) is 16.6. The zero-order valence-electron chi connectivity index (χ0n) is 16.6. The van der Waals surface area contributed by atoms with Crippen molar-refractivity contribution in [3.63, 3.8) is 0 Å². The molecule has 2 rings (SSSR count). The average molecular weight is 373 g/mol. The van der Waals surface area contributed by atoms with Crippen molar-refractivity contribution in [2.45, 2.75) is 46.8 Å². The number of urea groups is 1. The normalized spacial score (nSPS) is 17.3. The Morgan fingerprint density at radius 3 is 2.26 bits per heavy atom. The van der Waals surface area contributed by atoms with Crippen LogP contribution in [0.15, 0.2) is 35.5 Å². The maximum atomic E-state index is 12.6. The van der Waals surface area contributed by atoms with Gasteiger partial charge < -0.3 is 20.3 Å². The van der Waals surface area contributed by atoms with E-state index >= 15 is 0 Å². The molecule has 146 valence electrons. The lowest BCUT2D eigenvalue weighted by Gasteiger charge is -2.33. The fourth-order valence-electron chi connectivity index (χ4n) is 2.67. The summed E-state index contributed by atoms with van der Waals surface area (Å²) in [6.45, 7) is 8.91. The van der Waals surface area contributed by atoms with Crippen molar-refractivity contribution in [1.29, 1.82) is 0 Å². The van der Waals surface area contributed by atoms with Crippen molar-refractivity contribution >= 4 is 23.6 Å². The Labute approximate surface area is 159 Å². The van der Waals surface area contributed by atoms with Gasteiger partial charge in [-0.25, -0.2) is 9.59 Å². The summed E-state index contributed by atoms with van der Waals surface area (Å²) in [5.74, 6) is -0.662. The van der Waals surface area contributed by atoms with Gasteiger partial charge in [-0.1, -0.05) is 26.0 Å². The van der Waals surface area contributed by atoms with Gasteiger partial charge in [0.1, 0.15) is 0 Å². The topological polar surface area (TPSA) is 87.7 Å². The molecular formula is C20H27N3O4. The molecule has 1 atom stereocenters. The van der Waals surface area contributed by atoms with E-state index in [1.54, 1.807) is 52.1 Å². The maximum Gasteiger partial charge on any atom is 0.338 e. The third kappa shape index (κ3) is 4.67. The van der Waals surface area contributed by atoms with Crippen molar-refractivity contribution in [2.75, 3.05) is 12.4 Å². The van der Waals surface area contributed by atoms with Gasteiger partial charge in [0, 0.05) is 24.4 Å². The van der Waals surface area contributed by atoms with Crippen LogP contribution in [0.5, 0.6) is 0 Å². The molecule has 1 unspecified atom stereocenters. The van der Waals surface area contributed by atoms with Crippen molar-refractivity contribution in [3.05, 3.63) is 41.1 Å². The van der Waals surface area contributed by atoms with Crippen LogP contribution in [0.1, 0.15) is 46.2 Å². The lowest BCUT2D eigenvalue weighted by Crippen LogP contribution is -2.46. The van der Waals surface area contributed by atoms with E-state index in [0.29, 0.717) is 17.0 Å². The van der Waals surface area contributed by atoms with Gasteiger partial charge in [-0.05, 0) is 38.5 Å². The summed E-state index contributed by atoms with van der Waals surface area (Å²) < 4.78 is 5.37. The molecule has 1 heterocycles. The Bertz CT molecular complexity index is 766. The predicted molar refractivity (Wildman–Crippen MR) is 103 cm³/mol. The second kappa shape index (κ2) is 8.24. The summed E-state index contributed by atoms with van der Waals surface area (Å²) in [7, 11) is 1.61. The Kier molecular flexibility index (Phi) is 6.25. The third-order valence-corrected chi connectivity index (χ3v) is 4.35. The van der Waals surface area contributed by atoms with Gasteiger partial charge in [-0.3, -0.25) is 4.79 Å². The lowest BCUT2D eigenvalue weighted by molar-refractivity contribution is -0.143. The van der Waals surface area contributed by atoms with Crippen molar-refractivity contribution in [1.82, 2.24) is 10.2 Å². The first-order valence-electron chi connectivity index (χ1n) is 8.98. The molecule has 0 bridgehead atoms. The zero-order chi connectivity index (χ0) is 20.3. The second-order valence-corrected chi connectivity index (χ2v) is 7.16. The number of hydrogen-bond acceptors (Lipinski definition) is 4. The first-order valence-corrected chi connectivity index (χ1v) is 8.98. The van der Waals surface area contributed by atoms with E-state index in [2.05, 4.69) is 10.6 Å². The second-order valence-electron chi connectivity index (χ2n) is 7.16. The highest BCUT2D eigenvalue weighted by atomic mass is 16.5. The number of carbonyl (C=O) groups excluding carboxylic acids is 3. The van der Waals surface area contributed by atoms with Crippen LogP contribution in [0.3, 0.4) is 0 Å². The largest absolute Gasteiger partial charge is 0.459 e. The number of esters is 1. The van der Waals surface area contributed by atoms with Crippen LogP contribution in [0.2, 0.25) is 0 Å². The van der Waals surface area contributed by atoms with E-state index < -0.39 is 12.0 Å². The Balaban J connectivity index is 2.34. The van der Waals surface area contributed by atoms with Crippen molar-refractivity contribution in [2.24, 2.45) is 5.92 Å². The molecule has 0 radical (unpaired) electrons. The number of ether oxygens (including phenoxy) is 1. The SMILES string of the molecule is CC1=C(C(=O)OC(C)C)C(c2ccc(NC(=O)C(C)C)cc2)NC(=O)N1C. The van der Waals surface area contributed by atoms with Crippen LogP contribution >= 0.6 is 0 Å². The number of nitrogens with one attached hydrogen (secondary N) is 2. The number of anilines is 1.